The third kappa shape index (κ3) is 4.76. The number of hydrogen-bond donors (Lipinski definition) is 2. The Labute approximate surface area is 115 Å². The summed E-state index contributed by atoms with van der Waals surface area (Å²) >= 11 is 5.84. The number of ether oxygens (including phenoxy) is 2. The Hall–Kier alpha value is -1.79. The van der Waals surface area contributed by atoms with E-state index in [0.29, 0.717) is 13.2 Å². The van der Waals surface area contributed by atoms with E-state index in [1.165, 1.54) is 25.3 Å². The molecule has 0 saturated carbocycles. The van der Waals surface area contributed by atoms with Gasteiger partial charge in [-0.2, -0.15) is 0 Å². The highest BCUT2D eigenvalue weighted by molar-refractivity contribution is 6.32. The molecular formula is C12H14ClNO5. The van der Waals surface area contributed by atoms with Gasteiger partial charge in [0.1, 0.15) is 5.56 Å². The lowest BCUT2D eigenvalue weighted by molar-refractivity contribution is -0.123. The van der Waals surface area contributed by atoms with E-state index in [9.17, 15) is 9.59 Å². The maximum atomic E-state index is 11.4. The van der Waals surface area contributed by atoms with Crippen molar-refractivity contribution < 1.29 is 24.2 Å². The molecule has 0 radical (unpaired) electrons. The summed E-state index contributed by atoms with van der Waals surface area (Å²) in [5.41, 5.74) is -0.0859. The van der Waals surface area contributed by atoms with Crippen molar-refractivity contribution in [3.63, 3.8) is 0 Å². The summed E-state index contributed by atoms with van der Waals surface area (Å²) < 4.78 is 9.93. The van der Waals surface area contributed by atoms with Crippen LogP contribution >= 0.6 is 11.6 Å². The second kappa shape index (κ2) is 7.60. The molecule has 104 valence electrons. The Morgan fingerprint density at radius 2 is 2.16 bits per heavy atom. The fraction of sp³-hybridized carbons (Fsp3) is 0.333. The van der Waals surface area contributed by atoms with E-state index in [4.69, 9.17) is 26.2 Å². The van der Waals surface area contributed by atoms with Crippen LogP contribution in [0.15, 0.2) is 18.2 Å². The lowest BCUT2D eigenvalue weighted by Crippen LogP contribution is -2.31. The molecule has 0 aromatic heterocycles. The molecule has 0 aliphatic heterocycles. The largest absolute Gasteiger partial charge is 0.481 e. The molecule has 0 fully saturated rings. The van der Waals surface area contributed by atoms with Gasteiger partial charge in [-0.25, -0.2) is 4.79 Å². The highest BCUT2D eigenvalue weighted by atomic mass is 35.5. The summed E-state index contributed by atoms with van der Waals surface area (Å²) in [6.45, 7) is 0.430. The summed E-state index contributed by atoms with van der Waals surface area (Å²) in [7, 11) is 1.52. The second-order valence-electron chi connectivity index (χ2n) is 3.55. The minimum atomic E-state index is -1.17. The van der Waals surface area contributed by atoms with Crippen LogP contribution < -0.4 is 10.1 Å². The van der Waals surface area contributed by atoms with Crippen molar-refractivity contribution in [1.82, 2.24) is 5.32 Å². The summed E-state index contributed by atoms with van der Waals surface area (Å²) in [6.07, 6.45) is 0. The van der Waals surface area contributed by atoms with E-state index in [2.05, 4.69) is 5.32 Å². The van der Waals surface area contributed by atoms with Gasteiger partial charge < -0.3 is 19.9 Å². The van der Waals surface area contributed by atoms with Crippen molar-refractivity contribution >= 4 is 23.5 Å². The van der Waals surface area contributed by atoms with Gasteiger partial charge in [0.25, 0.3) is 5.91 Å². The zero-order valence-electron chi connectivity index (χ0n) is 10.3. The zero-order valence-corrected chi connectivity index (χ0v) is 11.1. The third-order valence-electron chi connectivity index (χ3n) is 2.17. The fourth-order valence-electron chi connectivity index (χ4n) is 1.31. The molecule has 1 amide bonds. The van der Waals surface area contributed by atoms with Crippen LogP contribution in [-0.2, 0) is 9.53 Å². The number of carboxylic acid groups (broad SMARTS) is 1. The number of carboxylic acids is 1. The van der Waals surface area contributed by atoms with Gasteiger partial charge in [-0.1, -0.05) is 17.7 Å². The van der Waals surface area contributed by atoms with Gasteiger partial charge in [0, 0.05) is 13.7 Å². The smallest absolute Gasteiger partial charge is 0.339 e. The summed E-state index contributed by atoms with van der Waals surface area (Å²) in [4.78, 5) is 22.4. The average molecular weight is 288 g/mol. The third-order valence-corrected chi connectivity index (χ3v) is 2.47. The molecule has 0 aliphatic rings. The Morgan fingerprint density at radius 3 is 2.79 bits per heavy atom. The first-order valence-electron chi connectivity index (χ1n) is 5.46. The molecule has 7 heteroatoms. The van der Waals surface area contributed by atoms with Gasteiger partial charge in [-0.05, 0) is 12.1 Å². The van der Waals surface area contributed by atoms with Crippen LogP contribution in [-0.4, -0.2) is 43.9 Å². The standard InChI is InChI=1S/C12H14ClNO5/c1-18-6-5-14-10(15)7-19-11-8(12(16)17)3-2-4-9(11)13/h2-4H,5-7H2,1H3,(H,14,15)(H,16,17). The van der Waals surface area contributed by atoms with Crippen LogP contribution in [0.1, 0.15) is 10.4 Å². The molecule has 0 unspecified atom stereocenters. The number of aromatic carboxylic acids is 1. The second-order valence-corrected chi connectivity index (χ2v) is 3.96. The molecule has 1 aromatic rings. The number of amides is 1. The lowest BCUT2D eigenvalue weighted by Gasteiger charge is -2.10. The molecule has 19 heavy (non-hydrogen) atoms. The summed E-state index contributed by atoms with van der Waals surface area (Å²) in [5, 5.41) is 11.7. The highest BCUT2D eigenvalue weighted by Crippen LogP contribution is 2.28. The van der Waals surface area contributed by atoms with E-state index in [1.807, 2.05) is 0 Å². The van der Waals surface area contributed by atoms with Crippen molar-refractivity contribution in [3.8, 4) is 5.75 Å². The van der Waals surface area contributed by atoms with E-state index < -0.39 is 5.97 Å². The molecule has 0 heterocycles. The molecule has 0 atom stereocenters. The molecule has 1 aromatic carbocycles. The quantitative estimate of drug-likeness (QED) is 0.736. The number of hydrogen-bond acceptors (Lipinski definition) is 4. The van der Waals surface area contributed by atoms with E-state index in [0.717, 1.165) is 0 Å². The lowest BCUT2D eigenvalue weighted by atomic mass is 10.2. The maximum Gasteiger partial charge on any atom is 0.339 e. The molecule has 0 saturated heterocycles. The van der Waals surface area contributed by atoms with Crippen molar-refractivity contribution in [2.24, 2.45) is 0 Å². The molecule has 0 aliphatic carbocycles. The summed E-state index contributed by atoms with van der Waals surface area (Å²) in [5.74, 6) is -1.57. The van der Waals surface area contributed by atoms with Crippen molar-refractivity contribution in [2.45, 2.75) is 0 Å². The Balaban J connectivity index is 2.62. The first-order valence-corrected chi connectivity index (χ1v) is 5.84. The molecule has 6 nitrogen and oxygen atoms in total. The SMILES string of the molecule is COCCNC(=O)COc1c(Cl)cccc1C(=O)O. The topological polar surface area (TPSA) is 84.9 Å². The van der Waals surface area contributed by atoms with Crippen LogP contribution in [0.2, 0.25) is 5.02 Å². The van der Waals surface area contributed by atoms with Crippen LogP contribution in [0.3, 0.4) is 0 Å². The molecular weight excluding hydrogens is 274 g/mol. The number of para-hydroxylation sites is 1. The first kappa shape index (κ1) is 15.3. The van der Waals surface area contributed by atoms with E-state index in [1.54, 1.807) is 0 Å². The van der Waals surface area contributed by atoms with Gasteiger partial charge >= 0.3 is 5.97 Å². The van der Waals surface area contributed by atoms with Crippen LogP contribution in [0, 0.1) is 0 Å². The van der Waals surface area contributed by atoms with Crippen molar-refractivity contribution in [3.05, 3.63) is 28.8 Å². The number of rotatable bonds is 7. The molecule has 0 bridgehead atoms. The normalized spacial score (nSPS) is 10.0. The maximum absolute atomic E-state index is 11.4. The van der Waals surface area contributed by atoms with Crippen LogP contribution in [0.25, 0.3) is 0 Å². The average Bonchev–Trinajstić information content (AvgIpc) is 2.37. The highest BCUT2D eigenvalue weighted by Gasteiger charge is 2.15. The van der Waals surface area contributed by atoms with Gasteiger partial charge in [0.2, 0.25) is 0 Å². The fourth-order valence-corrected chi connectivity index (χ4v) is 1.53. The molecule has 0 spiro atoms. The minimum Gasteiger partial charge on any atom is -0.481 e. The van der Waals surface area contributed by atoms with Crippen molar-refractivity contribution in [1.29, 1.82) is 0 Å². The van der Waals surface area contributed by atoms with Gasteiger partial charge in [0.05, 0.1) is 11.6 Å². The molecule has 1 rings (SSSR count). The van der Waals surface area contributed by atoms with Crippen LogP contribution in [0.4, 0.5) is 0 Å². The zero-order chi connectivity index (χ0) is 14.3. The van der Waals surface area contributed by atoms with Gasteiger partial charge in [-0.15, -0.1) is 0 Å². The summed E-state index contributed by atoms with van der Waals surface area (Å²) in [6, 6.07) is 4.34. The van der Waals surface area contributed by atoms with E-state index in [-0.39, 0.29) is 28.8 Å². The monoisotopic (exact) mass is 287 g/mol. The number of halogens is 1. The predicted molar refractivity (Wildman–Crippen MR) is 68.8 cm³/mol. The van der Waals surface area contributed by atoms with Gasteiger partial charge in [0.15, 0.2) is 12.4 Å². The predicted octanol–water partition coefficient (Wildman–Crippen LogP) is 1.18. The Bertz CT molecular complexity index is 463. The Kier molecular flexibility index (Phi) is 6.11. The number of methoxy groups -OCH3 is 1. The number of benzene rings is 1. The number of carbonyl (C=O) groups is 2. The first-order chi connectivity index (χ1) is 9.06. The number of nitrogens with one attached hydrogen (secondary N) is 1. The molecule has 2 N–H and O–H groups in total. The minimum absolute atomic E-state index is 0.0152. The number of carbonyl (C=O) groups excluding carboxylic acids is 1. The van der Waals surface area contributed by atoms with E-state index >= 15 is 0 Å². The van der Waals surface area contributed by atoms with Crippen molar-refractivity contribution in [2.75, 3.05) is 26.9 Å². The Morgan fingerprint density at radius 1 is 1.42 bits per heavy atom. The van der Waals surface area contributed by atoms with Gasteiger partial charge in [-0.3, -0.25) is 4.79 Å². The van der Waals surface area contributed by atoms with Crippen LogP contribution in [0.5, 0.6) is 5.75 Å².